The van der Waals surface area contributed by atoms with Crippen molar-refractivity contribution in [2.45, 2.75) is 12.5 Å². The molecule has 0 fully saturated rings. The lowest BCUT2D eigenvalue weighted by Gasteiger charge is -2.14. The molecule has 0 unspecified atom stereocenters. The summed E-state index contributed by atoms with van der Waals surface area (Å²) in [4.78, 5) is 4.01. The van der Waals surface area contributed by atoms with Crippen LogP contribution < -0.4 is 5.32 Å². The van der Waals surface area contributed by atoms with Crippen molar-refractivity contribution >= 4 is 21.6 Å². The van der Waals surface area contributed by atoms with Crippen molar-refractivity contribution in [1.29, 1.82) is 0 Å². The highest BCUT2D eigenvalue weighted by Crippen LogP contribution is 2.25. The summed E-state index contributed by atoms with van der Waals surface area (Å²) in [7, 11) is 0. The summed E-state index contributed by atoms with van der Waals surface area (Å²) in [5.41, 5.74) is 1.04. The molecule has 3 nitrogen and oxygen atoms in total. The predicted molar refractivity (Wildman–Crippen MR) is 63.7 cm³/mol. The third kappa shape index (κ3) is 2.58. The molecule has 1 heterocycles. The van der Waals surface area contributed by atoms with E-state index in [0.717, 1.165) is 16.6 Å². The van der Waals surface area contributed by atoms with Crippen LogP contribution in [0.5, 0.6) is 0 Å². The molecule has 4 heteroatoms. The molecule has 1 aliphatic carbocycles. The van der Waals surface area contributed by atoms with Gasteiger partial charge in [0.15, 0.2) is 0 Å². The molecule has 0 saturated heterocycles. The minimum absolute atomic E-state index is 0.228. The molecule has 0 bridgehead atoms. The highest BCUT2D eigenvalue weighted by molar-refractivity contribution is 9.10. The average Bonchev–Trinajstić information content (AvgIpc) is 2.69. The molecule has 1 aromatic heterocycles. The van der Waals surface area contributed by atoms with E-state index in [9.17, 15) is 0 Å². The van der Waals surface area contributed by atoms with Crippen LogP contribution in [0.4, 0.5) is 5.69 Å². The summed E-state index contributed by atoms with van der Waals surface area (Å²) in [5.74, 6) is 0.295. The number of nitrogens with one attached hydrogen (secondary N) is 1. The molecule has 2 atom stereocenters. The molecular formula is C11H13BrN2O. The van der Waals surface area contributed by atoms with Crippen LogP contribution >= 0.6 is 15.9 Å². The van der Waals surface area contributed by atoms with Gasteiger partial charge in [-0.05, 0) is 28.4 Å². The molecule has 0 aromatic carbocycles. The molecule has 0 aliphatic heterocycles. The van der Waals surface area contributed by atoms with E-state index in [1.165, 1.54) is 0 Å². The smallest absolute Gasteiger partial charge is 0.0590 e. The number of rotatable bonds is 3. The highest BCUT2D eigenvalue weighted by atomic mass is 79.9. The number of aliphatic hydroxyl groups is 1. The van der Waals surface area contributed by atoms with Crippen LogP contribution in [0.2, 0.25) is 0 Å². The van der Waals surface area contributed by atoms with Crippen molar-refractivity contribution < 1.29 is 5.11 Å². The Morgan fingerprint density at radius 1 is 1.53 bits per heavy atom. The van der Waals surface area contributed by atoms with E-state index in [0.29, 0.717) is 12.0 Å². The van der Waals surface area contributed by atoms with Gasteiger partial charge in [0.2, 0.25) is 0 Å². The molecule has 15 heavy (non-hydrogen) atoms. The summed E-state index contributed by atoms with van der Waals surface area (Å²) in [6.45, 7) is 0.228. The molecule has 2 rings (SSSR count). The quantitative estimate of drug-likeness (QED) is 0.827. The average molecular weight is 269 g/mol. The topological polar surface area (TPSA) is 45.1 Å². The van der Waals surface area contributed by atoms with Gasteiger partial charge in [0.25, 0.3) is 0 Å². The SMILES string of the molecule is OC[C@H]1C=C[C@@H](Nc2ccncc2Br)C1. The third-order valence-electron chi connectivity index (χ3n) is 2.52. The van der Waals surface area contributed by atoms with Crippen molar-refractivity contribution in [3.63, 3.8) is 0 Å². The van der Waals surface area contributed by atoms with Gasteiger partial charge in [0.05, 0.1) is 10.2 Å². The molecule has 2 N–H and O–H groups in total. The summed E-state index contributed by atoms with van der Waals surface area (Å²) in [5, 5.41) is 12.4. The summed E-state index contributed by atoms with van der Waals surface area (Å²) >= 11 is 3.44. The fourth-order valence-electron chi connectivity index (χ4n) is 1.71. The van der Waals surface area contributed by atoms with E-state index in [-0.39, 0.29) is 6.61 Å². The normalized spacial score (nSPS) is 24.4. The monoisotopic (exact) mass is 268 g/mol. The van der Waals surface area contributed by atoms with Crippen molar-refractivity contribution in [3.05, 3.63) is 35.1 Å². The number of aromatic nitrogens is 1. The number of pyridine rings is 1. The van der Waals surface area contributed by atoms with Crippen molar-refractivity contribution in [2.24, 2.45) is 5.92 Å². The maximum atomic E-state index is 9.01. The first-order chi connectivity index (χ1) is 7.29. The van der Waals surface area contributed by atoms with Crippen LogP contribution in [0.15, 0.2) is 35.1 Å². The van der Waals surface area contributed by atoms with Gasteiger partial charge in [-0.25, -0.2) is 0 Å². The van der Waals surface area contributed by atoms with Crippen LogP contribution in [-0.4, -0.2) is 22.7 Å². The lowest BCUT2D eigenvalue weighted by molar-refractivity contribution is 0.250. The van der Waals surface area contributed by atoms with Gasteiger partial charge in [0.1, 0.15) is 0 Å². The Labute approximate surface area is 97.4 Å². The second-order valence-corrected chi connectivity index (χ2v) is 4.52. The fraction of sp³-hybridized carbons (Fsp3) is 0.364. The number of nitrogens with zero attached hydrogens (tertiary/aromatic N) is 1. The molecule has 0 spiro atoms. The van der Waals surface area contributed by atoms with Gasteiger partial charge in [-0.3, -0.25) is 4.98 Å². The number of aliphatic hydroxyl groups excluding tert-OH is 1. The van der Waals surface area contributed by atoms with E-state index >= 15 is 0 Å². The maximum absolute atomic E-state index is 9.01. The molecule has 1 aromatic rings. The van der Waals surface area contributed by atoms with Gasteiger partial charge in [-0.15, -0.1) is 0 Å². The summed E-state index contributed by atoms with van der Waals surface area (Å²) in [6, 6.07) is 2.24. The first-order valence-corrected chi connectivity index (χ1v) is 5.74. The molecular weight excluding hydrogens is 256 g/mol. The van der Waals surface area contributed by atoms with E-state index in [2.05, 4.69) is 38.4 Å². The van der Waals surface area contributed by atoms with Gasteiger partial charge < -0.3 is 10.4 Å². The standard InChI is InChI=1S/C11H13BrN2O/c12-10-6-13-4-3-11(10)14-9-2-1-8(5-9)7-15/h1-4,6,8-9,15H,5,7H2,(H,13,14)/t8-,9+/m0/s1. The zero-order valence-corrected chi connectivity index (χ0v) is 9.81. The Balaban J connectivity index is 1.99. The third-order valence-corrected chi connectivity index (χ3v) is 3.15. The molecule has 1 aliphatic rings. The van der Waals surface area contributed by atoms with Crippen molar-refractivity contribution in [3.8, 4) is 0 Å². The molecule has 0 saturated carbocycles. The van der Waals surface area contributed by atoms with E-state index < -0.39 is 0 Å². The van der Waals surface area contributed by atoms with Gasteiger partial charge in [0, 0.05) is 31.0 Å². The second-order valence-electron chi connectivity index (χ2n) is 3.67. The largest absolute Gasteiger partial charge is 0.396 e. The number of halogens is 1. The Morgan fingerprint density at radius 3 is 3.07 bits per heavy atom. The number of hydrogen-bond donors (Lipinski definition) is 2. The van der Waals surface area contributed by atoms with Crippen LogP contribution in [0, 0.1) is 5.92 Å². The van der Waals surface area contributed by atoms with E-state index in [1.807, 2.05) is 6.07 Å². The minimum Gasteiger partial charge on any atom is -0.396 e. The van der Waals surface area contributed by atoms with Crippen molar-refractivity contribution in [2.75, 3.05) is 11.9 Å². The molecule has 0 radical (unpaired) electrons. The van der Waals surface area contributed by atoms with E-state index in [1.54, 1.807) is 12.4 Å². The fourth-order valence-corrected chi connectivity index (χ4v) is 2.07. The zero-order valence-electron chi connectivity index (χ0n) is 8.23. The lowest BCUT2D eigenvalue weighted by Crippen LogP contribution is -2.16. The van der Waals surface area contributed by atoms with Crippen LogP contribution in [0.25, 0.3) is 0 Å². The number of anilines is 1. The van der Waals surface area contributed by atoms with Gasteiger partial charge >= 0.3 is 0 Å². The number of hydrogen-bond acceptors (Lipinski definition) is 3. The Morgan fingerprint density at radius 2 is 2.40 bits per heavy atom. The minimum atomic E-state index is 0.228. The summed E-state index contributed by atoms with van der Waals surface area (Å²) in [6.07, 6.45) is 8.64. The second kappa shape index (κ2) is 4.77. The van der Waals surface area contributed by atoms with E-state index in [4.69, 9.17) is 5.11 Å². The van der Waals surface area contributed by atoms with Gasteiger partial charge in [-0.1, -0.05) is 12.2 Å². The first kappa shape index (κ1) is 10.6. The van der Waals surface area contributed by atoms with Gasteiger partial charge in [-0.2, -0.15) is 0 Å². The van der Waals surface area contributed by atoms with Crippen LogP contribution in [0.1, 0.15) is 6.42 Å². The predicted octanol–water partition coefficient (Wildman–Crippen LogP) is 2.19. The zero-order chi connectivity index (χ0) is 10.7. The Hall–Kier alpha value is -0.870. The maximum Gasteiger partial charge on any atom is 0.0590 e. The molecule has 0 amide bonds. The van der Waals surface area contributed by atoms with Crippen LogP contribution in [-0.2, 0) is 0 Å². The lowest BCUT2D eigenvalue weighted by atomic mass is 10.1. The van der Waals surface area contributed by atoms with Crippen LogP contribution in [0.3, 0.4) is 0 Å². The Bertz CT molecular complexity index is 367. The highest BCUT2D eigenvalue weighted by Gasteiger charge is 2.18. The Kier molecular flexibility index (Phi) is 3.38. The first-order valence-electron chi connectivity index (χ1n) is 4.95. The van der Waals surface area contributed by atoms with Crippen molar-refractivity contribution in [1.82, 2.24) is 4.98 Å². The summed E-state index contributed by atoms with van der Waals surface area (Å²) < 4.78 is 0.964. The molecule has 80 valence electrons.